The van der Waals surface area contributed by atoms with Crippen LogP contribution in [-0.2, 0) is 22.5 Å². The fraction of sp³-hybridized carbons (Fsp3) is 0.188. The van der Waals surface area contributed by atoms with Gasteiger partial charge in [-0.25, -0.2) is 0 Å². The Balaban J connectivity index is 2.13. The summed E-state index contributed by atoms with van der Waals surface area (Å²) >= 11 is 9.47. The zero-order chi connectivity index (χ0) is 15.2. The number of carbonyl (C=O) groups is 1. The molecule has 0 fully saturated rings. The number of benzene rings is 2. The summed E-state index contributed by atoms with van der Waals surface area (Å²) in [5.74, 6) is -0.244. The highest BCUT2D eigenvalue weighted by Crippen LogP contribution is 2.26. The van der Waals surface area contributed by atoms with Crippen LogP contribution in [-0.4, -0.2) is 13.1 Å². The molecule has 0 heterocycles. The van der Waals surface area contributed by atoms with Crippen molar-refractivity contribution in [2.75, 3.05) is 12.4 Å². The van der Waals surface area contributed by atoms with E-state index in [2.05, 4.69) is 21.2 Å². The van der Waals surface area contributed by atoms with E-state index < -0.39 is 0 Å². The monoisotopic (exact) mass is 367 g/mol. The standard InChI is InChI=1S/C16H15BrClNO2/c1-21-16(20)8-11-4-2-3-5-12(11)10-19-15-9-13(18)6-7-14(15)17/h2-7,9,19H,8,10H2,1H3. The third-order valence-electron chi connectivity index (χ3n) is 3.08. The van der Waals surface area contributed by atoms with Crippen LogP contribution in [0.5, 0.6) is 0 Å². The van der Waals surface area contributed by atoms with Gasteiger partial charge in [-0.1, -0.05) is 35.9 Å². The predicted molar refractivity (Wildman–Crippen MR) is 88.6 cm³/mol. The van der Waals surface area contributed by atoms with Crippen molar-refractivity contribution in [3.63, 3.8) is 0 Å². The molecule has 0 saturated carbocycles. The number of carbonyl (C=O) groups excluding carboxylic acids is 1. The maximum absolute atomic E-state index is 11.4. The van der Waals surface area contributed by atoms with Crippen LogP contribution in [0.2, 0.25) is 5.02 Å². The fourth-order valence-electron chi connectivity index (χ4n) is 1.95. The molecular formula is C16H15BrClNO2. The molecule has 3 nitrogen and oxygen atoms in total. The van der Waals surface area contributed by atoms with E-state index in [0.717, 1.165) is 21.3 Å². The zero-order valence-electron chi connectivity index (χ0n) is 11.5. The highest BCUT2D eigenvalue weighted by atomic mass is 79.9. The van der Waals surface area contributed by atoms with Gasteiger partial charge in [0.15, 0.2) is 0 Å². The SMILES string of the molecule is COC(=O)Cc1ccccc1CNc1cc(Cl)ccc1Br. The first kappa shape index (κ1) is 15.9. The van der Waals surface area contributed by atoms with Gasteiger partial charge in [-0.3, -0.25) is 4.79 Å². The molecule has 0 saturated heterocycles. The molecule has 0 amide bonds. The summed E-state index contributed by atoms with van der Waals surface area (Å²) in [7, 11) is 1.40. The molecule has 110 valence electrons. The minimum absolute atomic E-state index is 0.244. The van der Waals surface area contributed by atoms with E-state index >= 15 is 0 Å². The molecule has 2 rings (SSSR count). The van der Waals surface area contributed by atoms with Gasteiger partial charge in [-0.15, -0.1) is 0 Å². The minimum Gasteiger partial charge on any atom is -0.469 e. The highest BCUT2D eigenvalue weighted by Gasteiger charge is 2.08. The van der Waals surface area contributed by atoms with Crippen LogP contribution >= 0.6 is 27.5 Å². The van der Waals surface area contributed by atoms with Crippen LogP contribution in [0.3, 0.4) is 0 Å². The molecule has 0 unspecified atom stereocenters. The van der Waals surface area contributed by atoms with Crippen LogP contribution in [0.15, 0.2) is 46.9 Å². The molecule has 0 aliphatic carbocycles. The third kappa shape index (κ3) is 4.48. The molecule has 1 N–H and O–H groups in total. The first-order valence-electron chi connectivity index (χ1n) is 6.42. The van der Waals surface area contributed by atoms with Crippen molar-refractivity contribution in [1.82, 2.24) is 0 Å². The fourth-order valence-corrected chi connectivity index (χ4v) is 2.51. The van der Waals surface area contributed by atoms with Gasteiger partial charge in [0.05, 0.1) is 19.2 Å². The lowest BCUT2D eigenvalue weighted by molar-refractivity contribution is -0.139. The number of methoxy groups -OCH3 is 1. The summed E-state index contributed by atoms with van der Waals surface area (Å²) in [6.07, 6.45) is 0.269. The Kier molecular flexibility index (Phi) is 5.65. The van der Waals surface area contributed by atoms with E-state index in [4.69, 9.17) is 16.3 Å². The predicted octanol–water partition coefficient (Wildman–Crippen LogP) is 4.43. The van der Waals surface area contributed by atoms with Crippen molar-refractivity contribution in [1.29, 1.82) is 0 Å². The van der Waals surface area contributed by atoms with Crippen molar-refractivity contribution in [2.45, 2.75) is 13.0 Å². The number of halogens is 2. The van der Waals surface area contributed by atoms with E-state index in [1.807, 2.05) is 42.5 Å². The Bertz CT molecular complexity index is 646. The van der Waals surface area contributed by atoms with Crippen LogP contribution < -0.4 is 5.32 Å². The number of anilines is 1. The molecule has 0 aliphatic rings. The highest BCUT2D eigenvalue weighted by molar-refractivity contribution is 9.10. The van der Waals surface area contributed by atoms with Gasteiger partial charge in [-0.05, 0) is 45.3 Å². The van der Waals surface area contributed by atoms with Crippen molar-refractivity contribution in [3.8, 4) is 0 Å². The number of ether oxygens (including phenoxy) is 1. The molecule has 21 heavy (non-hydrogen) atoms. The molecule has 2 aromatic carbocycles. The van der Waals surface area contributed by atoms with Crippen LogP contribution in [0.1, 0.15) is 11.1 Å². The summed E-state index contributed by atoms with van der Waals surface area (Å²) in [6.45, 7) is 0.603. The van der Waals surface area contributed by atoms with Crippen molar-refractivity contribution in [3.05, 3.63) is 63.1 Å². The Morgan fingerprint density at radius 1 is 1.24 bits per heavy atom. The summed E-state index contributed by atoms with van der Waals surface area (Å²) in [5.41, 5.74) is 2.92. The van der Waals surface area contributed by atoms with Gasteiger partial charge in [0.25, 0.3) is 0 Å². The lowest BCUT2D eigenvalue weighted by Crippen LogP contribution is -2.09. The van der Waals surface area contributed by atoms with Crippen molar-refractivity contribution >= 4 is 39.2 Å². The smallest absolute Gasteiger partial charge is 0.309 e. The number of nitrogens with one attached hydrogen (secondary N) is 1. The average Bonchev–Trinajstić information content (AvgIpc) is 2.49. The molecule has 0 aromatic heterocycles. The minimum atomic E-state index is -0.244. The number of rotatable bonds is 5. The quantitative estimate of drug-likeness (QED) is 0.793. The molecule has 0 spiro atoms. The average molecular weight is 369 g/mol. The molecule has 0 bridgehead atoms. The lowest BCUT2D eigenvalue weighted by Gasteiger charge is -2.12. The second-order valence-corrected chi connectivity index (χ2v) is 5.79. The summed E-state index contributed by atoms with van der Waals surface area (Å²) in [6, 6.07) is 13.4. The Morgan fingerprint density at radius 2 is 1.95 bits per heavy atom. The first-order valence-corrected chi connectivity index (χ1v) is 7.60. The van der Waals surface area contributed by atoms with Gasteiger partial charge in [0, 0.05) is 16.0 Å². The second-order valence-electron chi connectivity index (χ2n) is 4.50. The third-order valence-corrected chi connectivity index (χ3v) is 4.01. The number of esters is 1. The summed E-state index contributed by atoms with van der Waals surface area (Å²) < 4.78 is 5.66. The molecular weight excluding hydrogens is 354 g/mol. The zero-order valence-corrected chi connectivity index (χ0v) is 13.9. The van der Waals surface area contributed by atoms with Crippen molar-refractivity contribution in [2.24, 2.45) is 0 Å². The van der Waals surface area contributed by atoms with E-state index in [0.29, 0.717) is 11.6 Å². The molecule has 0 atom stereocenters. The maximum Gasteiger partial charge on any atom is 0.309 e. The Labute approximate surface area is 137 Å². The molecule has 0 radical (unpaired) electrons. The van der Waals surface area contributed by atoms with Crippen LogP contribution in [0.4, 0.5) is 5.69 Å². The van der Waals surface area contributed by atoms with Gasteiger partial charge < -0.3 is 10.1 Å². The van der Waals surface area contributed by atoms with Crippen LogP contribution in [0.25, 0.3) is 0 Å². The Morgan fingerprint density at radius 3 is 2.67 bits per heavy atom. The maximum atomic E-state index is 11.4. The van der Waals surface area contributed by atoms with Gasteiger partial charge in [0.2, 0.25) is 0 Å². The van der Waals surface area contributed by atoms with E-state index in [1.54, 1.807) is 0 Å². The van der Waals surface area contributed by atoms with Crippen LogP contribution in [0, 0.1) is 0 Å². The number of hydrogen-bond donors (Lipinski definition) is 1. The second kappa shape index (κ2) is 7.48. The first-order chi connectivity index (χ1) is 10.1. The normalized spacial score (nSPS) is 10.2. The molecule has 5 heteroatoms. The van der Waals surface area contributed by atoms with E-state index in [9.17, 15) is 4.79 Å². The summed E-state index contributed by atoms with van der Waals surface area (Å²) in [5, 5.41) is 3.99. The van der Waals surface area contributed by atoms with Gasteiger partial charge in [-0.2, -0.15) is 0 Å². The van der Waals surface area contributed by atoms with E-state index in [1.165, 1.54) is 7.11 Å². The molecule has 0 aliphatic heterocycles. The van der Waals surface area contributed by atoms with Gasteiger partial charge in [0.1, 0.15) is 0 Å². The number of hydrogen-bond acceptors (Lipinski definition) is 3. The Hall–Kier alpha value is -1.52. The summed E-state index contributed by atoms with van der Waals surface area (Å²) in [4.78, 5) is 11.4. The topological polar surface area (TPSA) is 38.3 Å². The van der Waals surface area contributed by atoms with Gasteiger partial charge >= 0.3 is 5.97 Å². The largest absolute Gasteiger partial charge is 0.469 e. The lowest BCUT2D eigenvalue weighted by atomic mass is 10.0. The molecule has 2 aromatic rings. The van der Waals surface area contributed by atoms with Crippen molar-refractivity contribution < 1.29 is 9.53 Å². The van der Waals surface area contributed by atoms with E-state index in [-0.39, 0.29) is 12.4 Å².